The first-order valence-electron chi connectivity index (χ1n) is 13.6. The molecule has 208 valence electrons. The number of esters is 1. The normalized spacial score (nSPS) is 11.7. The second-order valence-electron chi connectivity index (χ2n) is 9.86. The molecule has 0 saturated carbocycles. The molecule has 0 fully saturated rings. The summed E-state index contributed by atoms with van der Waals surface area (Å²) < 4.78 is 16.9. The van der Waals surface area contributed by atoms with Gasteiger partial charge in [-0.3, -0.25) is 9.59 Å². The van der Waals surface area contributed by atoms with Crippen molar-refractivity contribution >= 4 is 28.9 Å². The fourth-order valence-corrected chi connectivity index (χ4v) is 4.76. The van der Waals surface area contributed by atoms with Gasteiger partial charge in [0.1, 0.15) is 17.9 Å². The van der Waals surface area contributed by atoms with Crippen molar-refractivity contribution in [1.82, 2.24) is 4.98 Å². The minimum absolute atomic E-state index is 0.0620. The van der Waals surface area contributed by atoms with Crippen LogP contribution in [0.2, 0.25) is 0 Å². The maximum atomic E-state index is 13.2. The number of oxazole rings is 1. The fourth-order valence-electron chi connectivity index (χ4n) is 4.76. The van der Waals surface area contributed by atoms with E-state index in [1.54, 1.807) is 12.1 Å². The van der Waals surface area contributed by atoms with E-state index in [1.807, 2.05) is 103 Å². The molecule has 1 heterocycles. The number of hydrogen-bond acceptors (Lipinski definition) is 7. The van der Waals surface area contributed by atoms with Crippen LogP contribution in [0, 0.1) is 5.92 Å². The van der Waals surface area contributed by atoms with Gasteiger partial charge < -0.3 is 18.8 Å². The van der Waals surface area contributed by atoms with Crippen molar-refractivity contribution in [2.24, 2.45) is 5.92 Å². The Bertz CT molecular complexity index is 1580. The van der Waals surface area contributed by atoms with Gasteiger partial charge in [-0.2, -0.15) is 4.98 Å². The first-order chi connectivity index (χ1) is 20.0. The van der Waals surface area contributed by atoms with Crippen LogP contribution in [-0.4, -0.2) is 44.0 Å². The van der Waals surface area contributed by atoms with Crippen molar-refractivity contribution in [2.45, 2.75) is 12.8 Å². The minimum atomic E-state index is -0.443. The zero-order valence-electron chi connectivity index (χ0n) is 23.2. The van der Waals surface area contributed by atoms with Gasteiger partial charge in [-0.05, 0) is 48.2 Å². The maximum absolute atomic E-state index is 13.2. The number of methoxy groups -OCH3 is 1. The Morgan fingerprint density at radius 2 is 1.56 bits per heavy atom. The summed E-state index contributed by atoms with van der Waals surface area (Å²) in [4.78, 5) is 32.4. The SMILES string of the molecule is COC(=O)C(Cc1ccc(OCCN(C)c2nc3ccccc3o2)cc1)Cc1ccccc1C(=O)c1ccccc1. The van der Waals surface area contributed by atoms with Crippen LogP contribution in [0.25, 0.3) is 11.1 Å². The highest BCUT2D eigenvalue weighted by molar-refractivity contribution is 6.09. The number of ketones is 1. The summed E-state index contributed by atoms with van der Waals surface area (Å²) in [6.45, 7) is 1.05. The molecule has 0 saturated heterocycles. The van der Waals surface area contributed by atoms with Crippen molar-refractivity contribution in [2.75, 3.05) is 32.2 Å². The molecule has 5 rings (SSSR count). The molecule has 0 aliphatic rings. The molecule has 0 aliphatic heterocycles. The second-order valence-corrected chi connectivity index (χ2v) is 9.86. The second kappa shape index (κ2) is 13.0. The first-order valence-corrected chi connectivity index (χ1v) is 13.6. The number of carbonyl (C=O) groups excluding carboxylic acids is 2. The van der Waals surface area contributed by atoms with E-state index >= 15 is 0 Å². The zero-order chi connectivity index (χ0) is 28.6. The lowest BCUT2D eigenvalue weighted by Gasteiger charge is -2.17. The highest BCUT2D eigenvalue weighted by Crippen LogP contribution is 2.24. The monoisotopic (exact) mass is 548 g/mol. The molecule has 0 spiro atoms. The quantitative estimate of drug-likeness (QED) is 0.137. The molecular weight excluding hydrogens is 516 g/mol. The van der Waals surface area contributed by atoms with E-state index in [-0.39, 0.29) is 11.8 Å². The van der Waals surface area contributed by atoms with Gasteiger partial charge in [0, 0.05) is 18.2 Å². The molecular formula is C34H32N2O5. The Labute approximate surface area is 239 Å². The molecule has 0 bridgehead atoms. The predicted octanol–water partition coefficient (Wildman–Crippen LogP) is 6.15. The number of anilines is 1. The Kier molecular flexibility index (Phi) is 8.74. The van der Waals surface area contributed by atoms with Crippen LogP contribution in [-0.2, 0) is 22.4 Å². The molecule has 1 atom stereocenters. The Balaban J connectivity index is 1.20. The summed E-state index contributed by atoms with van der Waals surface area (Å²) in [5, 5.41) is 0. The van der Waals surface area contributed by atoms with Crippen molar-refractivity contribution in [3.8, 4) is 5.75 Å². The van der Waals surface area contributed by atoms with Gasteiger partial charge in [-0.15, -0.1) is 0 Å². The molecule has 41 heavy (non-hydrogen) atoms. The van der Waals surface area contributed by atoms with Crippen molar-refractivity contribution in [3.05, 3.63) is 125 Å². The number of likely N-dealkylation sites (N-methyl/N-ethyl adjacent to an activating group) is 1. The Hall–Kier alpha value is -4.91. The number of benzene rings is 4. The lowest BCUT2D eigenvalue weighted by atomic mass is 9.88. The van der Waals surface area contributed by atoms with Gasteiger partial charge in [0.05, 0.1) is 19.6 Å². The number of hydrogen-bond donors (Lipinski definition) is 0. The van der Waals surface area contributed by atoms with E-state index in [4.69, 9.17) is 13.9 Å². The number of para-hydroxylation sites is 2. The topological polar surface area (TPSA) is 81.9 Å². The molecule has 0 aliphatic carbocycles. The number of carbonyl (C=O) groups is 2. The van der Waals surface area contributed by atoms with Crippen LogP contribution in [0.1, 0.15) is 27.0 Å². The number of aromatic nitrogens is 1. The lowest BCUT2D eigenvalue weighted by Crippen LogP contribution is -2.24. The van der Waals surface area contributed by atoms with E-state index in [2.05, 4.69) is 4.98 Å². The summed E-state index contributed by atoms with van der Waals surface area (Å²) in [6.07, 6.45) is 0.864. The molecule has 7 nitrogen and oxygen atoms in total. The third-order valence-electron chi connectivity index (χ3n) is 7.01. The number of fused-ring (bicyclic) bond motifs is 1. The van der Waals surface area contributed by atoms with E-state index in [0.717, 1.165) is 28.0 Å². The Morgan fingerprint density at radius 3 is 2.32 bits per heavy atom. The first kappa shape index (κ1) is 27.6. The van der Waals surface area contributed by atoms with Crippen LogP contribution >= 0.6 is 0 Å². The molecule has 1 unspecified atom stereocenters. The van der Waals surface area contributed by atoms with Crippen LogP contribution < -0.4 is 9.64 Å². The van der Waals surface area contributed by atoms with Crippen molar-refractivity contribution in [3.63, 3.8) is 0 Å². The Morgan fingerprint density at radius 1 is 0.854 bits per heavy atom. The number of ether oxygens (including phenoxy) is 2. The summed E-state index contributed by atoms with van der Waals surface area (Å²) >= 11 is 0. The van der Waals surface area contributed by atoms with E-state index in [0.29, 0.717) is 43.1 Å². The molecule has 4 aromatic carbocycles. The average molecular weight is 549 g/mol. The van der Waals surface area contributed by atoms with Crippen LogP contribution in [0.3, 0.4) is 0 Å². The standard InChI is InChI=1S/C34H32N2O5/c1-36(34-35-30-14-8-9-15-31(30)41-34)20-21-40-28-18-16-24(17-19-28)22-27(33(38)39-2)23-26-12-6-7-13-29(26)32(37)25-10-4-3-5-11-25/h3-19,27H,20-23H2,1-2H3. The smallest absolute Gasteiger partial charge is 0.309 e. The third-order valence-corrected chi connectivity index (χ3v) is 7.01. The van der Waals surface area contributed by atoms with Gasteiger partial charge in [0.2, 0.25) is 0 Å². The molecule has 5 aromatic rings. The van der Waals surface area contributed by atoms with Gasteiger partial charge >= 0.3 is 5.97 Å². The summed E-state index contributed by atoms with van der Waals surface area (Å²) in [7, 11) is 3.31. The predicted molar refractivity (Wildman–Crippen MR) is 158 cm³/mol. The zero-order valence-corrected chi connectivity index (χ0v) is 23.2. The van der Waals surface area contributed by atoms with Crippen molar-refractivity contribution in [1.29, 1.82) is 0 Å². The highest BCUT2D eigenvalue weighted by Gasteiger charge is 2.23. The van der Waals surface area contributed by atoms with E-state index < -0.39 is 5.92 Å². The molecule has 0 radical (unpaired) electrons. The van der Waals surface area contributed by atoms with Crippen LogP contribution in [0.15, 0.2) is 108 Å². The molecule has 0 N–H and O–H groups in total. The minimum Gasteiger partial charge on any atom is -0.492 e. The maximum Gasteiger partial charge on any atom is 0.309 e. The molecule has 1 aromatic heterocycles. The summed E-state index contributed by atoms with van der Waals surface area (Å²) in [5.41, 5.74) is 4.58. The lowest BCUT2D eigenvalue weighted by molar-refractivity contribution is -0.145. The number of nitrogens with zero attached hydrogens (tertiary/aromatic N) is 2. The van der Waals surface area contributed by atoms with Gasteiger partial charge in [0.25, 0.3) is 6.01 Å². The van der Waals surface area contributed by atoms with Gasteiger partial charge in [-0.25, -0.2) is 0 Å². The highest BCUT2D eigenvalue weighted by atomic mass is 16.5. The van der Waals surface area contributed by atoms with E-state index in [1.165, 1.54) is 7.11 Å². The molecule has 7 heteroatoms. The largest absolute Gasteiger partial charge is 0.492 e. The van der Waals surface area contributed by atoms with Gasteiger partial charge in [-0.1, -0.05) is 78.9 Å². The van der Waals surface area contributed by atoms with E-state index in [9.17, 15) is 9.59 Å². The van der Waals surface area contributed by atoms with Crippen molar-refractivity contribution < 1.29 is 23.5 Å². The fraction of sp³-hybridized carbons (Fsp3) is 0.206. The van der Waals surface area contributed by atoms with Crippen LogP contribution in [0.4, 0.5) is 6.01 Å². The third kappa shape index (κ3) is 6.81. The summed E-state index contributed by atoms with van der Waals surface area (Å²) in [5.74, 6) is -0.0859. The van der Waals surface area contributed by atoms with Gasteiger partial charge in [0.15, 0.2) is 11.4 Å². The summed E-state index contributed by atoms with van der Waals surface area (Å²) in [6, 6.07) is 32.5. The average Bonchev–Trinajstić information content (AvgIpc) is 3.46. The molecule has 0 amide bonds. The van der Waals surface area contributed by atoms with Crippen LogP contribution in [0.5, 0.6) is 5.75 Å². The number of rotatable bonds is 12.